The van der Waals surface area contributed by atoms with Crippen molar-refractivity contribution in [2.45, 2.75) is 103 Å². The Hall–Kier alpha value is -1.38. The van der Waals surface area contributed by atoms with Gasteiger partial charge in [-0.05, 0) is 42.3 Å². The van der Waals surface area contributed by atoms with Gasteiger partial charge in [0.25, 0.3) is 0 Å². The van der Waals surface area contributed by atoms with Gasteiger partial charge in [-0.2, -0.15) is 0 Å². The summed E-state index contributed by atoms with van der Waals surface area (Å²) in [4.78, 5) is 0. The molecule has 0 heterocycles. The lowest BCUT2D eigenvalue weighted by atomic mass is 10.0. The van der Waals surface area contributed by atoms with E-state index >= 15 is 0 Å². The second kappa shape index (κ2) is 18.0. The highest BCUT2D eigenvalue weighted by Gasteiger charge is 2.01. The molecule has 0 saturated heterocycles. The fourth-order valence-corrected chi connectivity index (χ4v) is 4.30. The van der Waals surface area contributed by atoms with Gasteiger partial charge in [-0.1, -0.05) is 126 Å². The molecule has 184 valence electrons. The summed E-state index contributed by atoms with van der Waals surface area (Å²) in [6, 6.07) is 13.9. The predicted octanol–water partition coefficient (Wildman–Crippen LogP) is 10.5. The van der Waals surface area contributed by atoms with Crippen LogP contribution in [0.25, 0.3) is 0 Å². The number of ether oxygens (including phenoxy) is 1. The van der Waals surface area contributed by atoms with Crippen LogP contribution in [0.3, 0.4) is 0 Å². The molecule has 0 fully saturated rings. The minimum atomic E-state index is 0.564. The molecule has 0 aromatic heterocycles. The Bertz CT molecular complexity index is 748. The molecule has 0 radical (unpaired) electrons. The van der Waals surface area contributed by atoms with Crippen LogP contribution in [-0.4, -0.2) is 6.61 Å². The molecule has 2 aromatic carbocycles. The van der Waals surface area contributed by atoms with Crippen LogP contribution in [-0.2, 0) is 6.54 Å². The molecule has 2 nitrogen and oxygen atoms in total. The molecule has 0 aliphatic carbocycles. The zero-order chi connectivity index (χ0) is 23.6. The van der Waals surface area contributed by atoms with Gasteiger partial charge in [0.1, 0.15) is 5.75 Å². The molecule has 2 rings (SSSR count). The van der Waals surface area contributed by atoms with Gasteiger partial charge in [0, 0.05) is 12.2 Å². The van der Waals surface area contributed by atoms with Crippen molar-refractivity contribution in [3.8, 4) is 5.75 Å². The number of halogens is 2. The van der Waals surface area contributed by atoms with E-state index in [0.717, 1.165) is 31.0 Å². The monoisotopic (exact) mass is 491 g/mol. The summed E-state index contributed by atoms with van der Waals surface area (Å²) in [6.07, 6.45) is 19.3. The van der Waals surface area contributed by atoms with Crippen molar-refractivity contribution in [1.82, 2.24) is 0 Å². The number of benzene rings is 2. The van der Waals surface area contributed by atoms with Gasteiger partial charge < -0.3 is 10.1 Å². The number of nitrogens with one attached hydrogen (secondary N) is 1. The van der Waals surface area contributed by atoms with Crippen LogP contribution in [0, 0.1) is 0 Å². The lowest BCUT2D eigenvalue weighted by Gasteiger charge is -2.09. The minimum Gasteiger partial charge on any atom is -0.494 e. The molecule has 0 amide bonds. The van der Waals surface area contributed by atoms with E-state index in [4.69, 9.17) is 27.9 Å². The van der Waals surface area contributed by atoms with E-state index in [9.17, 15) is 0 Å². The maximum absolute atomic E-state index is 6.06. The zero-order valence-electron chi connectivity index (χ0n) is 20.5. The smallest absolute Gasteiger partial charge is 0.119 e. The highest BCUT2D eigenvalue weighted by Crippen LogP contribution is 2.25. The average molecular weight is 493 g/mol. The average Bonchev–Trinajstić information content (AvgIpc) is 2.83. The molecule has 4 heteroatoms. The fraction of sp³-hybridized carbons (Fsp3) is 0.586. The number of unbranched alkanes of at least 4 members (excludes halogenated alkanes) is 13. The predicted molar refractivity (Wildman–Crippen MR) is 146 cm³/mol. The molecule has 2 aromatic rings. The SMILES string of the molecule is CCCCCCCCCCCCCCCCOc1ccc(CNc2ccc(Cl)c(Cl)c2)cc1. The molecule has 33 heavy (non-hydrogen) atoms. The Morgan fingerprint density at radius 3 is 1.73 bits per heavy atom. The van der Waals surface area contributed by atoms with Crippen molar-refractivity contribution < 1.29 is 4.74 Å². The van der Waals surface area contributed by atoms with Crippen LogP contribution >= 0.6 is 23.2 Å². The first-order valence-electron chi connectivity index (χ1n) is 13.1. The lowest BCUT2D eigenvalue weighted by molar-refractivity contribution is 0.304. The molecule has 0 atom stereocenters. The highest BCUT2D eigenvalue weighted by molar-refractivity contribution is 6.42. The second-order valence-electron chi connectivity index (χ2n) is 9.07. The third kappa shape index (κ3) is 13.2. The van der Waals surface area contributed by atoms with Gasteiger partial charge in [0.05, 0.1) is 16.7 Å². The molecule has 0 spiro atoms. The highest BCUT2D eigenvalue weighted by atomic mass is 35.5. The van der Waals surface area contributed by atoms with Gasteiger partial charge in [-0.25, -0.2) is 0 Å². The van der Waals surface area contributed by atoms with Gasteiger partial charge in [0.15, 0.2) is 0 Å². The van der Waals surface area contributed by atoms with E-state index in [0.29, 0.717) is 10.0 Å². The fourth-order valence-electron chi connectivity index (χ4n) is 4.00. The molecular weight excluding hydrogens is 449 g/mol. The Labute approximate surface area is 212 Å². The zero-order valence-corrected chi connectivity index (χ0v) is 22.0. The molecule has 0 aliphatic heterocycles. The standard InChI is InChI=1S/C29H43Cl2NO/c1-2-3-4-5-6-7-8-9-10-11-12-13-14-15-22-33-27-19-16-25(17-20-27)24-32-26-18-21-28(30)29(31)23-26/h16-21,23,32H,2-15,22,24H2,1H3. The third-order valence-electron chi connectivity index (χ3n) is 6.11. The Kier molecular flexibility index (Phi) is 15.2. The van der Waals surface area contributed by atoms with Crippen LogP contribution in [0.1, 0.15) is 102 Å². The van der Waals surface area contributed by atoms with Crippen molar-refractivity contribution >= 4 is 28.9 Å². The van der Waals surface area contributed by atoms with Gasteiger partial charge in [-0.3, -0.25) is 0 Å². The van der Waals surface area contributed by atoms with E-state index in [-0.39, 0.29) is 0 Å². The van der Waals surface area contributed by atoms with Crippen molar-refractivity contribution in [2.75, 3.05) is 11.9 Å². The summed E-state index contributed by atoms with van der Waals surface area (Å²) in [5.74, 6) is 0.947. The summed E-state index contributed by atoms with van der Waals surface area (Å²) in [6.45, 7) is 3.82. The molecule has 0 saturated carbocycles. The number of anilines is 1. The first-order chi connectivity index (χ1) is 16.2. The van der Waals surface area contributed by atoms with Crippen molar-refractivity contribution in [2.24, 2.45) is 0 Å². The van der Waals surface area contributed by atoms with Crippen molar-refractivity contribution in [3.05, 3.63) is 58.1 Å². The largest absolute Gasteiger partial charge is 0.494 e. The van der Waals surface area contributed by atoms with Crippen molar-refractivity contribution in [1.29, 1.82) is 0 Å². The molecule has 1 N–H and O–H groups in total. The molecular formula is C29H43Cl2NO. The maximum Gasteiger partial charge on any atom is 0.119 e. The van der Waals surface area contributed by atoms with E-state index in [1.165, 1.54) is 89.0 Å². The van der Waals surface area contributed by atoms with Gasteiger partial charge >= 0.3 is 0 Å². The third-order valence-corrected chi connectivity index (χ3v) is 6.85. The van der Waals surface area contributed by atoms with E-state index in [2.05, 4.69) is 36.5 Å². The summed E-state index contributed by atoms with van der Waals surface area (Å²) >= 11 is 12.0. The molecule has 0 unspecified atom stereocenters. The summed E-state index contributed by atoms with van der Waals surface area (Å²) < 4.78 is 5.91. The molecule has 0 bridgehead atoms. The van der Waals surface area contributed by atoms with Crippen LogP contribution in [0.4, 0.5) is 5.69 Å². The summed E-state index contributed by atoms with van der Waals surface area (Å²) in [7, 11) is 0. The second-order valence-corrected chi connectivity index (χ2v) is 9.89. The van der Waals surface area contributed by atoms with Gasteiger partial charge in [0.2, 0.25) is 0 Å². The summed E-state index contributed by atoms with van der Waals surface area (Å²) in [5, 5.41) is 4.50. The summed E-state index contributed by atoms with van der Waals surface area (Å²) in [5.41, 5.74) is 2.16. The maximum atomic E-state index is 6.06. The first kappa shape index (κ1) is 27.9. The Morgan fingerprint density at radius 1 is 0.636 bits per heavy atom. The van der Waals surface area contributed by atoms with E-state index < -0.39 is 0 Å². The van der Waals surface area contributed by atoms with Crippen molar-refractivity contribution in [3.63, 3.8) is 0 Å². The topological polar surface area (TPSA) is 21.3 Å². The van der Waals surface area contributed by atoms with Gasteiger partial charge in [-0.15, -0.1) is 0 Å². The number of rotatable bonds is 19. The Balaban J connectivity index is 1.42. The quantitative estimate of drug-likeness (QED) is 0.197. The van der Waals surface area contributed by atoms with Crippen LogP contribution < -0.4 is 10.1 Å². The van der Waals surface area contributed by atoms with Crippen LogP contribution in [0.5, 0.6) is 5.75 Å². The molecule has 0 aliphatic rings. The number of hydrogen-bond acceptors (Lipinski definition) is 2. The van der Waals surface area contributed by atoms with E-state index in [1.54, 1.807) is 6.07 Å². The van der Waals surface area contributed by atoms with E-state index in [1.807, 2.05) is 12.1 Å². The minimum absolute atomic E-state index is 0.564. The van der Waals surface area contributed by atoms with Crippen LogP contribution in [0.2, 0.25) is 10.0 Å². The Morgan fingerprint density at radius 2 is 1.18 bits per heavy atom. The number of hydrogen-bond donors (Lipinski definition) is 1. The van der Waals surface area contributed by atoms with Crippen LogP contribution in [0.15, 0.2) is 42.5 Å². The normalized spacial score (nSPS) is 11.0. The first-order valence-corrected chi connectivity index (χ1v) is 13.9. The lowest BCUT2D eigenvalue weighted by Crippen LogP contribution is -2.00.